The normalized spacial score (nSPS) is 15.7. The molecule has 1 amide bonds. The minimum absolute atomic E-state index is 0.0236. The molecule has 0 aliphatic carbocycles. The lowest BCUT2D eigenvalue weighted by molar-refractivity contribution is 0.0126. The van der Waals surface area contributed by atoms with Crippen LogP contribution < -0.4 is 15.4 Å². The molecule has 9 nitrogen and oxygen atoms in total. The third-order valence-electron chi connectivity index (χ3n) is 4.72. The average molecular weight is 440 g/mol. The van der Waals surface area contributed by atoms with Crippen LogP contribution in [-0.4, -0.2) is 52.6 Å². The van der Waals surface area contributed by atoms with Crippen molar-refractivity contribution in [3.63, 3.8) is 0 Å². The summed E-state index contributed by atoms with van der Waals surface area (Å²) in [5.41, 5.74) is 4.65. The van der Waals surface area contributed by atoms with Crippen LogP contribution in [0.5, 0.6) is 5.88 Å². The van der Waals surface area contributed by atoms with E-state index in [9.17, 15) is 9.59 Å². The maximum atomic E-state index is 12.8. The quantitative estimate of drug-likeness (QED) is 0.705. The largest absolute Gasteiger partial charge is 0.480 e. The molecule has 2 aromatic heterocycles. The summed E-state index contributed by atoms with van der Waals surface area (Å²) in [6.07, 6.45) is 3.23. The van der Waals surface area contributed by atoms with E-state index in [1.54, 1.807) is 0 Å². The van der Waals surface area contributed by atoms with Gasteiger partial charge in [-0.05, 0) is 13.0 Å². The van der Waals surface area contributed by atoms with Gasteiger partial charge in [0.25, 0.3) is 0 Å². The van der Waals surface area contributed by atoms with Crippen LogP contribution in [0.25, 0.3) is 0 Å². The number of carbonyl (C=O) groups is 2. The van der Waals surface area contributed by atoms with Crippen molar-refractivity contribution in [3.05, 3.63) is 39.9 Å². The van der Waals surface area contributed by atoms with E-state index in [1.807, 2.05) is 11.8 Å². The highest BCUT2D eigenvalue weighted by atomic mass is 35.5. The van der Waals surface area contributed by atoms with Crippen LogP contribution in [0.2, 0.25) is 10.2 Å². The van der Waals surface area contributed by atoms with Gasteiger partial charge >= 0.3 is 6.09 Å². The molecular weight excluding hydrogens is 421 g/mol. The molecule has 0 aromatic carbocycles. The van der Waals surface area contributed by atoms with Gasteiger partial charge in [-0.1, -0.05) is 23.2 Å². The summed E-state index contributed by atoms with van der Waals surface area (Å²) in [4.78, 5) is 38.2. The van der Waals surface area contributed by atoms with E-state index in [1.165, 1.54) is 25.6 Å². The van der Waals surface area contributed by atoms with E-state index in [-0.39, 0.29) is 27.3 Å². The highest BCUT2D eigenvalue weighted by Gasteiger charge is 2.34. The van der Waals surface area contributed by atoms with Crippen molar-refractivity contribution in [2.75, 3.05) is 25.1 Å². The number of anilines is 1. The number of nitrogens with zero attached hydrogens (tertiary/aromatic N) is 4. The van der Waals surface area contributed by atoms with Crippen molar-refractivity contribution in [2.45, 2.75) is 25.4 Å². The van der Waals surface area contributed by atoms with Crippen LogP contribution in [0.4, 0.5) is 10.6 Å². The van der Waals surface area contributed by atoms with Crippen molar-refractivity contribution in [2.24, 2.45) is 5.73 Å². The first-order valence-corrected chi connectivity index (χ1v) is 9.49. The number of rotatable bonds is 5. The molecule has 0 radical (unpaired) electrons. The second kappa shape index (κ2) is 8.38. The van der Waals surface area contributed by atoms with E-state index in [0.29, 0.717) is 31.7 Å². The number of methoxy groups -OCH3 is 1. The molecule has 154 valence electrons. The number of primary amides is 1. The van der Waals surface area contributed by atoms with Gasteiger partial charge in [0.05, 0.1) is 13.3 Å². The fourth-order valence-electron chi connectivity index (χ4n) is 3.09. The number of amides is 1. The summed E-state index contributed by atoms with van der Waals surface area (Å²) in [6, 6.07) is 1.46. The lowest BCUT2D eigenvalue weighted by atomic mass is 9.93. The van der Waals surface area contributed by atoms with Crippen molar-refractivity contribution in [1.29, 1.82) is 0 Å². The van der Waals surface area contributed by atoms with Crippen molar-refractivity contribution >= 4 is 40.9 Å². The van der Waals surface area contributed by atoms with Gasteiger partial charge < -0.3 is 20.1 Å². The third kappa shape index (κ3) is 4.51. The molecule has 1 aliphatic rings. The summed E-state index contributed by atoms with van der Waals surface area (Å²) >= 11 is 12.4. The Balaban J connectivity index is 1.78. The molecule has 0 atom stereocenters. The van der Waals surface area contributed by atoms with Crippen molar-refractivity contribution < 1.29 is 19.1 Å². The van der Waals surface area contributed by atoms with Gasteiger partial charge in [-0.25, -0.2) is 19.7 Å². The molecule has 0 bridgehead atoms. The van der Waals surface area contributed by atoms with E-state index < -0.39 is 17.5 Å². The first-order valence-electron chi connectivity index (χ1n) is 8.73. The number of halogens is 2. The third-order valence-corrected chi connectivity index (χ3v) is 5.35. The standard InChI is InChI=1S/C18H19Cl2N5O4/c1-18(29-17(21)27)4-7-25(8-5-18)11-9-23-13(15(20)24-11)14(26)10-3-6-22-16(28-2)12(10)19/h3,6,9H,4-5,7-8H2,1-2H3,(H2,21,27). The number of carbonyl (C=O) groups excluding carboxylic acids is 2. The smallest absolute Gasteiger partial charge is 0.405 e. The number of hydrogen-bond acceptors (Lipinski definition) is 8. The van der Waals surface area contributed by atoms with Crippen LogP contribution in [0.3, 0.4) is 0 Å². The minimum atomic E-state index is -0.793. The van der Waals surface area contributed by atoms with Crippen LogP contribution >= 0.6 is 23.2 Å². The van der Waals surface area contributed by atoms with Crippen molar-refractivity contribution in [1.82, 2.24) is 15.0 Å². The first-order chi connectivity index (χ1) is 13.7. The molecule has 11 heteroatoms. The maximum absolute atomic E-state index is 12.8. The van der Waals surface area contributed by atoms with Gasteiger partial charge in [0, 0.05) is 37.7 Å². The molecular formula is C18H19Cl2N5O4. The van der Waals surface area contributed by atoms with Crippen molar-refractivity contribution in [3.8, 4) is 5.88 Å². The second-order valence-corrected chi connectivity index (χ2v) is 7.47. The van der Waals surface area contributed by atoms with Crippen LogP contribution in [0.1, 0.15) is 35.8 Å². The zero-order valence-corrected chi connectivity index (χ0v) is 17.3. The second-order valence-electron chi connectivity index (χ2n) is 6.74. The molecule has 1 fully saturated rings. The van der Waals surface area contributed by atoms with E-state index in [4.69, 9.17) is 38.4 Å². The highest BCUT2D eigenvalue weighted by Crippen LogP contribution is 2.31. The lowest BCUT2D eigenvalue weighted by Gasteiger charge is -2.38. The number of piperidine rings is 1. The predicted octanol–water partition coefficient (Wildman–Crippen LogP) is 2.87. The molecule has 0 spiro atoms. The predicted molar refractivity (Wildman–Crippen MR) is 107 cm³/mol. The zero-order chi connectivity index (χ0) is 21.2. The number of aromatic nitrogens is 3. The number of hydrogen-bond donors (Lipinski definition) is 1. The number of ketones is 1. The van der Waals surface area contributed by atoms with E-state index in [0.717, 1.165) is 0 Å². The fraction of sp³-hybridized carbons (Fsp3) is 0.389. The van der Waals surface area contributed by atoms with Gasteiger partial charge in [-0.3, -0.25) is 4.79 Å². The number of ether oxygens (including phenoxy) is 2. The zero-order valence-electron chi connectivity index (χ0n) is 15.8. The summed E-state index contributed by atoms with van der Waals surface area (Å²) in [5.74, 6) is 0.166. The SMILES string of the molecule is COc1nccc(C(=O)c2ncc(N3CCC(C)(OC(N)=O)CC3)nc2Cl)c1Cl. The number of pyridine rings is 1. The highest BCUT2D eigenvalue weighted by molar-refractivity contribution is 6.38. The molecule has 1 saturated heterocycles. The van der Waals surface area contributed by atoms with Crippen LogP contribution in [0, 0.1) is 0 Å². The Morgan fingerprint density at radius 3 is 2.52 bits per heavy atom. The summed E-state index contributed by atoms with van der Waals surface area (Å²) in [5, 5.41) is 0.0350. The summed E-state index contributed by atoms with van der Waals surface area (Å²) in [6.45, 7) is 2.97. The Bertz CT molecular complexity index is 948. The fourth-order valence-corrected chi connectivity index (χ4v) is 3.58. The van der Waals surface area contributed by atoms with Gasteiger partial charge in [-0.15, -0.1) is 0 Å². The Labute approximate surface area is 177 Å². The van der Waals surface area contributed by atoms with Gasteiger partial charge in [-0.2, -0.15) is 0 Å². The summed E-state index contributed by atoms with van der Waals surface area (Å²) in [7, 11) is 1.40. The molecule has 3 rings (SSSR count). The van der Waals surface area contributed by atoms with Crippen LogP contribution in [0.15, 0.2) is 18.5 Å². The number of nitrogens with two attached hydrogens (primary N) is 1. The Hall–Kier alpha value is -2.65. The maximum Gasteiger partial charge on any atom is 0.405 e. The van der Waals surface area contributed by atoms with Gasteiger partial charge in [0.2, 0.25) is 11.7 Å². The van der Waals surface area contributed by atoms with Gasteiger partial charge in [0.15, 0.2) is 5.15 Å². The van der Waals surface area contributed by atoms with Crippen LogP contribution in [-0.2, 0) is 4.74 Å². The van der Waals surface area contributed by atoms with E-state index in [2.05, 4.69) is 15.0 Å². The Morgan fingerprint density at radius 1 is 1.24 bits per heavy atom. The van der Waals surface area contributed by atoms with Gasteiger partial charge in [0.1, 0.15) is 22.1 Å². The topological polar surface area (TPSA) is 121 Å². The Kier molecular flexibility index (Phi) is 6.09. The molecule has 3 heterocycles. The molecule has 1 aliphatic heterocycles. The molecule has 29 heavy (non-hydrogen) atoms. The Morgan fingerprint density at radius 2 is 1.93 bits per heavy atom. The van der Waals surface area contributed by atoms with E-state index >= 15 is 0 Å². The average Bonchev–Trinajstić information content (AvgIpc) is 2.67. The molecule has 2 aromatic rings. The molecule has 2 N–H and O–H groups in total. The summed E-state index contributed by atoms with van der Waals surface area (Å²) < 4.78 is 10.2. The first kappa shape index (κ1) is 21.1. The molecule has 0 saturated carbocycles. The monoisotopic (exact) mass is 439 g/mol. The molecule has 0 unspecified atom stereocenters. The minimum Gasteiger partial charge on any atom is -0.480 e. The lowest BCUT2D eigenvalue weighted by Crippen LogP contribution is -2.46.